The summed E-state index contributed by atoms with van der Waals surface area (Å²) in [4.78, 5) is 40.0. The summed E-state index contributed by atoms with van der Waals surface area (Å²) in [5.41, 5.74) is -0.592. The van der Waals surface area contributed by atoms with Crippen LogP contribution in [-0.4, -0.2) is 44.3 Å². The summed E-state index contributed by atoms with van der Waals surface area (Å²) in [5, 5.41) is 22.4. The van der Waals surface area contributed by atoms with Crippen LogP contribution in [0.5, 0.6) is 11.5 Å². The van der Waals surface area contributed by atoms with Gasteiger partial charge in [-0.1, -0.05) is 18.2 Å². The third kappa shape index (κ3) is 4.09. The molecule has 1 atom stereocenters. The van der Waals surface area contributed by atoms with Crippen molar-refractivity contribution in [3.63, 3.8) is 0 Å². The number of ether oxygens (including phenoxy) is 1. The number of carbonyl (C=O) groups excluding carboxylic acids is 2. The zero-order valence-corrected chi connectivity index (χ0v) is 18.6. The molecule has 0 radical (unpaired) electrons. The number of halogens is 2. The Bertz CT molecular complexity index is 1480. The van der Waals surface area contributed by atoms with Crippen LogP contribution in [0.4, 0.5) is 8.78 Å². The van der Waals surface area contributed by atoms with E-state index in [1.807, 2.05) is 0 Å². The van der Waals surface area contributed by atoms with Crippen molar-refractivity contribution in [1.82, 2.24) is 14.8 Å². The predicted octanol–water partition coefficient (Wildman–Crippen LogP) is 2.32. The SMILES string of the molecule is O=C(NCc1ccc(F)cc1F)c1cn2c(c(O)c1=O)C(=O)N1/C(=C/c3ccc(O)cc3)COC1C2. The van der Waals surface area contributed by atoms with E-state index in [1.54, 1.807) is 18.2 Å². The van der Waals surface area contributed by atoms with E-state index < -0.39 is 46.4 Å². The van der Waals surface area contributed by atoms with Gasteiger partial charge >= 0.3 is 0 Å². The normalized spacial score (nSPS) is 17.7. The molecule has 9 nitrogen and oxygen atoms in total. The van der Waals surface area contributed by atoms with E-state index in [-0.39, 0.29) is 36.7 Å². The van der Waals surface area contributed by atoms with E-state index in [1.165, 1.54) is 21.6 Å². The van der Waals surface area contributed by atoms with Gasteiger partial charge in [-0.3, -0.25) is 19.3 Å². The maximum Gasteiger partial charge on any atom is 0.280 e. The van der Waals surface area contributed by atoms with Gasteiger partial charge in [-0.2, -0.15) is 0 Å². The monoisotopic (exact) mass is 495 g/mol. The molecule has 36 heavy (non-hydrogen) atoms. The molecule has 184 valence electrons. The van der Waals surface area contributed by atoms with Crippen molar-refractivity contribution in [3.8, 4) is 11.5 Å². The number of hydrogen-bond donors (Lipinski definition) is 3. The number of phenols is 1. The van der Waals surface area contributed by atoms with E-state index >= 15 is 0 Å². The Balaban J connectivity index is 1.42. The van der Waals surface area contributed by atoms with E-state index in [4.69, 9.17) is 4.74 Å². The van der Waals surface area contributed by atoms with Crippen LogP contribution in [0.25, 0.3) is 6.08 Å². The first-order valence-electron chi connectivity index (χ1n) is 10.9. The molecule has 3 heterocycles. The average Bonchev–Trinajstić information content (AvgIpc) is 3.24. The van der Waals surface area contributed by atoms with Crippen LogP contribution in [0.2, 0.25) is 0 Å². The summed E-state index contributed by atoms with van der Waals surface area (Å²) in [6, 6.07) is 9.17. The Kier molecular flexibility index (Phi) is 5.77. The van der Waals surface area contributed by atoms with Gasteiger partial charge in [0.15, 0.2) is 17.7 Å². The Labute approximate surface area is 202 Å². The maximum atomic E-state index is 13.9. The zero-order valence-electron chi connectivity index (χ0n) is 18.6. The van der Waals surface area contributed by atoms with Gasteiger partial charge in [0.1, 0.15) is 22.9 Å². The molecule has 0 aliphatic carbocycles. The Morgan fingerprint density at radius 3 is 2.61 bits per heavy atom. The first kappa shape index (κ1) is 23.2. The molecule has 1 unspecified atom stereocenters. The van der Waals surface area contributed by atoms with Gasteiger partial charge < -0.3 is 24.8 Å². The molecule has 2 aliphatic rings. The van der Waals surface area contributed by atoms with E-state index in [9.17, 15) is 33.4 Å². The molecule has 11 heteroatoms. The van der Waals surface area contributed by atoms with E-state index in [0.717, 1.165) is 18.3 Å². The van der Waals surface area contributed by atoms with Gasteiger partial charge in [0, 0.05) is 24.4 Å². The lowest BCUT2D eigenvalue weighted by Gasteiger charge is -2.32. The van der Waals surface area contributed by atoms with E-state index in [0.29, 0.717) is 17.3 Å². The number of hydrogen-bond acceptors (Lipinski definition) is 6. The van der Waals surface area contributed by atoms with Crippen molar-refractivity contribution in [3.05, 3.63) is 98.6 Å². The van der Waals surface area contributed by atoms with Gasteiger partial charge in [-0.25, -0.2) is 8.78 Å². The molecule has 3 N–H and O–H groups in total. The highest BCUT2D eigenvalue weighted by Gasteiger charge is 2.42. The van der Waals surface area contributed by atoms with Crippen molar-refractivity contribution >= 4 is 17.9 Å². The number of nitrogens with zero attached hydrogens (tertiary/aromatic N) is 2. The lowest BCUT2D eigenvalue weighted by Crippen LogP contribution is -2.45. The number of phenolic OH excluding ortho intramolecular Hbond substituents is 1. The number of rotatable bonds is 4. The summed E-state index contributed by atoms with van der Waals surface area (Å²) in [5.74, 6) is -4.01. The molecule has 2 aromatic carbocycles. The van der Waals surface area contributed by atoms with Crippen molar-refractivity contribution in [2.45, 2.75) is 19.3 Å². The fourth-order valence-corrected chi connectivity index (χ4v) is 4.18. The molecule has 0 saturated carbocycles. The fraction of sp³-hybridized carbons (Fsp3) is 0.160. The maximum absolute atomic E-state index is 13.9. The number of amides is 2. The third-order valence-electron chi connectivity index (χ3n) is 5.98. The largest absolute Gasteiger partial charge is 0.508 e. The Morgan fingerprint density at radius 2 is 1.89 bits per heavy atom. The smallest absolute Gasteiger partial charge is 0.280 e. The second-order valence-corrected chi connectivity index (χ2v) is 8.31. The molecule has 0 bridgehead atoms. The number of pyridine rings is 1. The average molecular weight is 495 g/mol. The quantitative estimate of drug-likeness (QED) is 0.511. The number of aromatic hydroxyl groups is 2. The highest BCUT2D eigenvalue weighted by Crippen LogP contribution is 2.32. The fourth-order valence-electron chi connectivity index (χ4n) is 4.18. The van der Waals surface area contributed by atoms with Crippen LogP contribution >= 0.6 is 0 Å². The lowest BCUT2D eigenvalue weighted by atomic mass is 10.1. The predicted molar refractivity (Wildman–Crippen MR) is 122 cm³/mol. The molecule has 0 spiro atoms. The van der Waals surface area contributed by atoms with Crippen LogP contribution in [0.15, 0.2) is 59.2 Å². The topological polar surface area (TPSA) is 121 Å². The standard InChI is InChI=1S/C25H19F2N3O6/c26-15-4-3-14(19(27)8-15)9-28-24(34)18-10-29-11-20-30(25(35)21(29)23(33)22(18)32)16(12-36-20)7-13-1-5-17(31)6-2-13/h1-8,10,20,31,33H,9,11-12H2,(H,28,34)/b16-7+. The molecular weight excluding hydrogens is 476 g/mol. The second kappa shape index (κ2) is 8.93. The Morgan fingerprint density at radius 1 is 1.14 bits per heavy atom. The van der Waals surface area contributed by atoms with Crippen LogP contribution in [-0.2, 0) is 17.8 Å². The van der Waals surface area contributed by atoms with Crippen LogP contribution in [0.3, 0.4) is 0 Å². The van der Waals surface area contributed by atoms with Gasteiger partial charge in [-0.15, -0.1) is 0 Å². The highest BCUT2D eigenvalue weighted by molar-refractivity contribution is 6.00. The number of benzene rings is 2. The minimum absolute atomic E-state index is 0.00477. The molecule has 1 fully saturated rings. The van der Waals surface area contributed by atoms with Crippen molar-refractivity contribution in [2.75, 3.05) is 6.61 Å². The first-order chi connectivity index (χ1) is 17.2. The minimum atomic E-state index is -1.06. The summed E-state index contributed by atoms with van der Waals surface area (Å²) in [6.07, 6.45) is 2.10. The zero-order chi connectivity index (χ0) is 25.6. The molecule has 1 saturated heterocycles. The van der Waals surface area contributed by atoms with Crippen molar-refractivity contribution in [2.24, 2.45) is 0 Å². The summed E-state index contributed by atoms with van der Waals surface area (Å²) in [6.45, 7) is -0.196. The van der Waals surface area contributed by atoms with Crippen LogP contribution in [0, 0.1) is 11.6 Å². The summed E-state index contributed by atoms with van der Waals surface area (Å²) in [7, 11) is 0. The molecule has 2 aliphatic heterocycles. The third-order valence-corrected chi connectivity index (χ3v) is 5.98. The van der Waals surface area contributed by atoms with Crippen molar-refractivity contribution in [1.29, 1.82) is 0 Å². The van der Waals surface area contributed by atoms with Gasteiger partial charge in [0.2, 0.25) is 5.43 Å². The Hall–Kier alpha value is -4.51. The van der Waals surface area contributed by atoms with Gasteiger partial charge in [0.05, 0.1) is 18.8 Å². The number of carbonyl (C=O) groups is 2. The number of aromatic nitrogens is 1. The highest BCUT2D eigenvalue weighted by atomic mass is 19.1. The van der Waals surface area contributed by atoms with Crippen LogP contribution < -0.4 is 10.7 Å². The van der Waals surface area contributed by atoms with Crippen LogP contribution in [0.1, 0.15) is 32.0 Å². The number of fused-ring (bicyclic) bond motifs is 2. The number of nitrogens with one attached hydrogen (secondary N) is 1. The lowest BCUT2D eigenvalue weighted by molar-refractivity contribution is 0.0102. The first-order valence-corrected chi connectivity index (χ1v) is 10.9. The summed E-state index contributed by atoms with van der Waals surface area (Å²) < 4.78 is 33.9. The molecule has 2 amide bonds. The van der Waals surface area contributed by atoms with Gasteiger partial charge in [0.25, 0.3) is 11.8 Å². The summed E-state index contributed by atoms with van der Waals surface area (Å²) >= 11 is 0. The van der Waals surface area contributed by atoms with Crippen molar-refractivity contribution < 1.29 is 33.3 Å². The second-order valence-electron chi connectivity index (χ2n) is 8.31. The minimum Gasteiger partial charge on any atom is -0.508 e. The van der Waals surface area contributed by atoms with Gasteiger partial charge in [-0.05, 0) is 29.8 Å². The van der Waals surface area contributed by atoms with E-state index in [2.05, 4.69) is 5.32 Å². The molecule has 1 aromatic heterocycles. The molecular formula is C25H19F2N3O6. The molecule has 3 aromatic rings. The molecule has 5 rings (SSSR count).